The first-order valence-electron chi connectivity index (χ1n) is 6.75. The van der Waals surface area contributed by atoms with Crippen LogP contribution in [0.2, 0.25) is 5.02 Å². The summed E-state index contributed by atoms with van der Waals surface area (Å²) in [6.07, 6.45) is 7.27. The number of nitro groups is 1. The van der Waals surface area contributed by atoms with Crippen LogP contribution < -0.4 is 10.6 Å². The molecular formula is C14H16ClN3O3. The van der Waals surface area contributed by atoms with Gasteiger partial charge in [0, 0.05) is 18.0 Å². The fraction of sp³-hybridized carbons (Fsp3) is 0.357. The molecule has 112 valence electrons. The maximum atomic E-state index is 11.8. The number of hydrogen-bond donors (Lipinski definition) is 2. The molecule has 6 nitrogen and oxygen atoms in total. The molecule has 2 amide bonds. The molecule has 1 fully saturated rings. The Labute approximate surface area is 127 Å². The van der Waals surface area contributed by atoms with E-state index < -0.39 is 11.0 Å². The highest BCUT2D eigenvalue weighted by Gasteiger charge is 2.13. The van der Waals surface area contributed by atoms with Gasteiger partial charge in [0.1, 0.15) is 5.02 Å². The predicted molar refractivity (Wildman–Crippen MR) is 81.4 cm³/mol. The molecule has 2 rings (SSSR count). The van der Waals surface area contributed by atoms with Crippen molar-refractivity contribution in [2.45, 2.75) is 32.1 Å². The first kappa shape index (κ1) is 15.3. The van der Waals surface area contributed by atoms with Gasteiger partial charge in [0.2, 0.25) is 0 Å². The first-order valence-corrected chi connectivity index (χ1v) is 7.13. The topological polar surface area (TPSA) is 84.3 Å². The maximum absolute atomic E-state index is 11.8. The van der Waals surface area contributed by atoms with Gasteiger partial charge in [-0.1, -0.05) is 23.6 Å². The number of anilines is 1. The second kappa shape index (κ2) is 7.08. The summed E-state index contributed by atoms with van der Waals surface area (Å²) in [5.74, 6) is 0. The molecule has 1 aromatic carbocycles. The number of nitrogens with zero attached hydrogens (tertiary/aromatic N) is 1. The van der Waals surface area contributed by atoms with Gasteiger partial charge < -0.3 is 10.6 Å². The summed E-state index contributed by atoms with van der Waals surface area (Å²) in [7, 11) is 0. The molecule has 0 unspecified atom stereocenters. The molecule has 1 aliphatic rings. The Balaban J connectivity index is 1.96. The highest BCUT2D eigenvalue weighted by molar-refractivity contribution is 6.32. The summed E-state index contributed by atoms with van der Waals surface area (Å²) < 4.78 is 0. The first-order chi connectivity index (χ1) is 10.1. The second-order valence-electron chi connectivity index (χ2n) is 4.89. The van der Waals surface area contributed by atoms with Gasteiger partial charge in [0.15, 0.2) is 0 Å². The average Bonchev–Trinajstić information content (AvgIpc) is 2.48. The van der Waals surface area contributed by atoms with E-state index in [9.17, 15) is 14.9 Å². The third-order valence-electron chi connectivity index (χ3n) is 3.30. The summed E-state index contributed by atoms with van der Waals surface area (Å²) in [6, 6.07) is 3.71. The molecule has 2 N–H and O–H groups in total. The zero-order valence-electron chi connectivity index (χ0n) is 11.4. The van der Waals surface area contributed by atoms with Crippen LogP contribution >= 0.6 is 11.6 Å². The minimum absolute atomic E-state index is 0.0373. The number of hydrogen-bond acceptors (Lipinski definition) is 3. The van der Waals surface area contributed by atoms with E-state index in [1.165, 1.54) is 30.2 Å². The molecule has 0 spiro atoms. The Hall–Kier alpha value is -2.08. The minimum Gasteiger partial charge on any atom is -0.314 e. The summed E-state index contributed by atoms with van der Waals surface area (Å²) in [5, 5.41) is 16.0. The Kier molecular flexibility index (Phi) is 5.16. The molecule has 1 aromatic rings. The average molecular weight is 310 g/mol. The third-order valence-corrected chi connectivity index (χ3v) is 3.62. The number of carbonyl (C=O) groups excluding carboxylic acids is 1. The smallest absolute Gasteiger partial charge is 0.314 e. The van der Waals surface area contributed by atoms with Crippen molar-refractivity contribution in [3.63, 3.8) is 0 Å². The zero-order valence-corrected chi connectivity index (χ0v) is 12.2. The van der Waals surface area contributed by atoms with Gasteiger partial charge in [-0.15, -0.1) is 0 Å². The summed E-state index contributed by atoms with van der Waals surface area (Å²) >= 11 is 5.71. The lowest BCUT2D eigenvalue weighted by Crippen LogP contribution is -2.24. The number of allylic oxidation sites excluding steroid dienone is 1. The standard InChI is InChI=1S/C14H16ClN3O3/c15-12-7-6-11(8-13(12)18(20)21)17-14(19)16-9-10-4-2-1-3-5-10/h6-9H,1-5H2,(H2,16,17,19). The molecule has 0 aliphatic heterocycles. The minimum atomic E-state index is -0.588. The van der Waals surface area contributed by atoms with Crippen molar-refractivity contribution >= 4 is 29.0 Å². The van der Waals surface area contributed by atoms with Crippen molar-refractivity contribution in [3.8, 4) is 0 Å². The number of nitro benzene ring substituents is 1. The van der Waals surface area contributed by atoms with Crippen molar-refractivity contribution in [1.82, 2.24) is 5.32 Å². The highest BCUT2D eigenvalue weighted by Crippen LogP contribution is 2.27. The molecule has 0 bridgehead atoms. The summed E-state index contributed by atoms with van der Waals surface area (Å²) in [5.41, 5.74) is 1.31. The molecule has 1 aliphatic carbocycles. The van der Waals surface area contributed by atoms with Gasteiger partial charge in [0.05, 0.1) is 4.92 Å². The Morgan fingerprint density at radius 2 is 2.00 bits per heavy atom. The van der Waals surface area contributed by atoms with Crippen LogP contribution in [0.25, 0.3) is 0 Å². The number of benzene rings is 1. The number of amides is 2. The number of halogens is 1. The van der Waals surface area contributed by atoms with E-state index >= 15 is 0 Å². The summed E-state index contributed by atoms with van der Waals surface area (Å²) in [6.45, 7) is 0. The second-order valence-corrected chi connectivity index (χ2v) is 5.29. The van der Waals surface area contributed by atoms with E-state index in [1.54, 1.807) is 6.20 Å². The number of nitrogens with one attached hydrogen (secondary N) is 2. The van der Waals surface area contributed by atoms with E-state index in [4.69, 9.17) is 11.6 Å². The van der Waals surface area contributed by atoms with Crippen molar-refractivity contribution in [3.05, 3.63) is 45.1 Å². The molecule has 0 atom stereocenters. The fourth-order valence-corrected chi connectivity index (χ4v) is 2.40. The van der Waals surface area contributed by atoms with E-state index in [0.29, 0.717) is 5.69 Å². The van der Waals surface area contributed by atoms with Crippen LogP contribution in [0, 0.1) is 10.1 Å². The summed E-state index contributed by atoms with van der Waals surface area (Å²) in [4.78, 5) is 21.9. The molecule has 7 heteroatoms. The van der Waals surface area contributed by atoms with Crippen molar-refractivity contribution in [2.24, 2.45) is 0 Å². The van der Waals surface area contributed by atoms with Crippen LogP contribution in [-0.2, 0) is 0 Å². The van der Waals surface area contributed by atoms with Gasteiger partial charge in [-0.25, -0.2) is 4.79 Å². The number of urea groups is 1. The Morgan fingerprint density at radius 1 is 1.29 bits per heavy atom. The zero-order chi connectivity index (χ0) is 15.2. The largest absolute Gasteiger partial charge is 0.323 e. The predicted octanol–water partition coefficient (Wildman–Crippen LogP) is 4.22. The van der Waals surface area contributed by atoms with Crippen molar-refractivity contribution in [1.29, 1.82) is 0 Å². The van der Waals surface area contributed by atoms with Crippen LogP contribution in [0.1, 0.15) is 32.1 Å². The van der Waals surface area contributed by atoms with Crippen LogP contribution in [0.15, 0.2) is 30.0 Å². The lowest BCUT2D eigenvalue weighted by molar-refractivity contribution is -0.384. The Morgan fingerprint density at radius 3 is 2.67 bits per heavy atom. The fourth-order valence-electron chi connectivity index (χ4n) is 2.22. The van der Waals surface area contributed by atoms with E-state index in [1.807, 2.05) is 0 Å². The quantitative estimate of drug-likeness (QED) is 0.647. The van der Waals surface area contributed by atoms with Crippen molar-refractivity contribution in [2.75, 3.05) is 5.32 Å². The molecule has 0 heterocycles. The molecule has 0 saturated heterocycles. The number of carbonyl (C=O) groups is 1. The van der Waals surface area contributed by atoms with Gasteiger partial charge in [0.25, 0.3) is 5.69 Å². The molecule has 1 saturated carbocycles. The van der Waals surface area contributed by atoms with Crippen LogP contribution in [0.3, 0.4) is 0 Å². The van der Waals surface area contributed by atoms with Gasteiger partial charge in [-0.05, 0) is 37.8 Å². The van der Waals surface area contributed by atoms with E-state index in [-0.39, 0.29) is 10.7 Å². The van der Waals surface area contributed by atoms with Gasteiger partial charge in [-0.3, -0.25) is 10.1 Å². The van der Waals surface area contributed by atoms with E-state index in [0.717, 1.165) is 25.7 Å². The van der Waals surface area contributed by atoms with Crippen LogP contribution in [0.4, 0.5) is 16.2 Å². The van der Waals surface area contributed by atoms with Gasteiger partial charge in [-0.2, -0.15) is 0 Å². The monoisotopic (exact) mass is 309 g/mol. The lowest BCUT2D eigenvalue weighted by atomic mass is 9.96. The van der Waals surface area contributed by atoms with Gasteiger partial charge >= 0.3 is 6.03 Å². The highest BCUT2D eigenvalue weighted by atomic mass is 35.5. The molecule has 0 radical (unpaired) electrons. The van der Waals surface area contributed by atoms with Crippen molar-refractivity contribution < 1.29 is 9.72 Å². The molecule has 0 aromatic heterocycles. The van der Waals surface area contributed by atoms with E-state index in [2.05, 4.69) is 10.6 Å². The molecule has 21 heavy (non-hydrogen) atoms. The Bertz CT molecular complexity index is 579. The number of rotatable bonds is 3. The maximum Gasteiger partial charge on any atom is 0.323 e. The van der Waals surface area contributed by atoms with Crippen LogP contribution in [-0.4, -0.2) is 11.0 Å². The normalized spacial score (nSPS) is 14.4. The molecular weight excluding hydrogens is 294 g/mol. The van der Waals surface area contributed by atoms with Crippen LogP contribution in [0.5, 0.6) is 0 Å². The lowest BCUT2D eigenvalue weighted by Gasteiger charge is -2.13. The SMILES string of the molecule is O=C(NC=C1CCCCC1)Nc1ccc(Cl)c([N+](=O)[O-])c1. The third kappa shape index (κ3) is 4.46.